The minimum Gasteiger partial charge on any atom is -0.298 e. The second-order valence-electron chi connectivity index (χ2n) is 4.66. The average molecular weight is 269 g/mol. The molecule has 1 saturated heterocycles. The first kappa shape index (κ1) is 12.4. The number of aldehydes is 1. The number of nitrogens with one attached hydrogen (secondary N) is 1. The molecule has 1 aliphatic heterocycles. The molecular weight excluding hydrogens is 258 g/mol. The number of carbonyl (C=O) groups excluding carboxylic acids is 3. The number of aromatic nitrogens is 2. The fourth-order valence-corrected chi connectivity index (χ4v) is 2.40. The van der Waals surface area contributed by atoms with Gasteiger partial charge in [0.15, 0.2) is 0 Å². The molecule has 2 aromatic rings. The van der Waals surface area contributed by atoms with Gasteiger partial charge < -0.3 is 0 Å². The van der Waals surface area contributed by atoms with E-state index in [0.29, 0.717) is 28.6 Å². The van der Waals surface area contributed by atoms with E-state index in [4.69, 9.17) is 0 Å². The average Bonchev–Trinajstić information content (AvgIpc) is 2.46. The number of piperidine rings is 1. The second kappa shape index (κ2) is 4.80. The van der Waals surface area contributed by atoms with Gasteiger partial charge >= 0.3 is 0 Å². The van der Waals surface area contributed by atoms with Crippen LogP contribution in [0.2, 0.25) is 0 Å². The summed E-state index contributed by atoms with van der Waals surface area (Å²) in [5, 5.41) is 2.99. The number of nitrogens with zero attached hydrogens (tertiary/aromatic N) is 2. The predicted molar refractivity (Wildman–Crippen MR) is 70.1 cm³/mol. The highest BCUT2D eigenvalue weighted by Crippen LogP contribution is 2.28. The van der Waals surface area contributed by atoms with Crippen molar-refractivity contribution in [2.45, 2.75) is 18.8 Å². The molecule has 0 aliphatic carbocycles. The molecule has 1 N–H and O–H groups in total. The van der Waals surface area contributed by atoms with Crippen molar-refractivity contribution in [1.29, 1.82) is 0 Å². The largest absolute Gasteiger partial charge is 0.298 e. The van der Waals surface area contributed by atoms with E-state index in [1.807, 2.05) is 0 Å². The summed E-state index contributed by atoms with van der Waals surface area (Å²) in [6, 6.07) is 5.05. The van der Waals surface area contributed by atoms with Gasteiger partial charge in [0.05, 0.1) is 17.1 Å². The highest BCUT2D eigenvalue weighted by Gasteiger charge is 2.30. The molecule has 1 aromatic heterocycles. The normalized spacial score (nSPS) is 18.9. The van der Waals surface area contributed by atoms with Crippen LogP contribution in [0.1, 0.15) is 34.8 Å². The summed E-state index contributed by atoms with van der Waals surface area (Å²) in [6.45, 7) is 0. The van der Waals surface area contributed by atoms with E-state index in [1.165, 1.54) is 6.33 Å². The molecule has 6 heteroatoms. The van der Waals surface area contributed by atoms with Gasteiger partial charge in [-0.3, -0.25) is 19.7 Å². The summed E-state index contributed by atoms with van der Waals surface area (Å²) in [6.07, 6.45) is 2.83. The van der Waals surface area contributed by atoms with Crippen molar-refractivity contribution in [3.8, 4) is 0 Å². The van der Waals surface area contributed by atoms with Crippen molar-refractivity contribution in [2.24, 2.45) is 0 Å². The van der Waals surface area contributed by atoms with Crippen molar-refractivity contribution in [3.63, 3.8) is 0 Å². The van der Waals surface area contributed by atoms with Crippen molar-refractivity contribution in [2.75, 3.05) is 0 Å². The van der Waals surface area contributed by atoms with Crippen molar-refractivity contribution < 1.29 is 14.4 Å². The molecule has 100 valence electrons. The smallest absolute Gasteiger partial charge is 0.235 e. The number of imide groups is 1. The Morgan fingerprint density at radius 3 is 2.85 bits per heavy atom. The predicted octanol–water partition coefficient (Wildman–Crippen LogP) is 0.962. The quantitative estimate of drug-likeness (QED) is 0.648. The molecule has 1 unspecified atom stereocenters. The monoisotopic (exact) mass is 269 g/mol. The van der Waals surface area contributed by atoms with E-state index in [1.54, 1.807) is 18.2 Å². The molecule has 1 aromatic carbocycles. The highest BCUT2D eigenvalue weighted by molar-refractivity contribution is 6.02. The van der Waals surface area contributed by atoms with Gasteiger partial charge in [-0.1, -0.05) is 0 Å². The lowest BCUT2D eigenvalue weighted by Crippen LogP contribution is -2.39. The van der Waals surface area contributed by atoms with Crippen LogP contribution in [0.4, 0.5) is 0 Å². The number of amides is 2. The minimum atomic E-state index is -0.486. The molecule has 3 rings (SSSR count). The topological polar surface area (TPSA) is 89.0 Å². The van der Waals surface area contributed by atoms with E-state index < -0.39 is 5.92 Å². The van der Waals surface area contributed by atoms with Crippen LogP contribution in [0, 0.1) is 0 Å². The maximum absolute atomic E-state index is 11.9. The van der Waals surface area contributed by atoms with Crippen LogP contribution >= 0.6 is 0 Å². The second-order valence-corrected chi connectivity index (χ2v) is 4.66. The number of hydrogen-bond acceptors (Lipinski definition) is 5. The third-order valence-electron chi connectivity index (χ3n) is 3.40. The van der Waals surface area contributed by atoms with E-state index in [-0.39, 0.29) is 18.2 Å². The molecule has 0 bridgehead atoms. The number of rotatable bonds is 2. The Morgan fingerprint density at radius 1 is 1.25 bits per heavy atom. The maximum Gasteiger partial charge on any atom is 0.235 e. The summed E-state index contributed by atoms with van der Waals surface area (Å²) in [5.74, 6) is -1.10. The fraction of sp³-hybridized carbons (Fsp3) is 0.214. The number of carbonyl (C=O) groups is 3. The summed E-state index contributed by atoms with van der Waals surface area (Å²) in [5.41, 5.74) is 1.73. The first-order valence-electron chi connectivity index (χ1n) is 6.22. The molecule has 1 atom stereocenters. The van der Waals surface area contributed by atoms with Gasteiger partial charge in [0.25, 0.3) is 0 Å². The lowest BCUT2D eigenvalue weighted by Gasteiger charge is -2.21. The molecule has 20 heavy (non-hydrogen) atoms. The lowest BCUT2D eigenvalue weighted by molar-refractivity contribution is -0.134. The zero-order chi connectivity index (χ0) is 14.1. The van der Waals surface area contributed by atoms with Gasteiger partial charge in [-0.2, -0.15) is 0 Å². The van der Waals surface area contributed by atoms with Crippen LogP contribution in [-0.4, -0.2) is 28.1 Å². The minimum absolute atomic E-state index is 0.266. The Bertz CT molecular complexity index is 727. The Balaban J connectivity index is 2.13. The number of fused-ring (bicyclic) bond motifs is 1. The van der Waals surface area contributed by atoms with Crippen molar-refractivity contribution >= 4 is 29.0 Å². The van der Waals surface area contributed by atoms with Crippen molar-refractivity contribution in [3.05, 3.63) is 35.8 Å². The van der Waals surface area contributed by atoms with Gasteiger partial charge in [0.2, 0.25) is 11.8 Å². The number of benzene rings is 1. The van der Waals surface area contributed by atoms with E-state index in [0.717, 1.165) is 6.29 Å². The van der Waals surface area contributed by atoms with Crippen LogP contribution < -0.4 is 5.32 Å². The molecule has 1 aliphatic rings. The molecule has 1 fully saturated rings. The van der Waals surface area contributed by atoms with Crippen LogP contribution in [0.5, 0.6) is 0 Å². The molecule has 2 amide bonds. The summed E-state index contributed by atoms with van der Waals surface area (Å²) >= 11 is 0. The Hall–Kier alpha value is -2.63. The van der Waals surface area contributed by atoms with Gasteiger partial charge in [-0.15, -0.1) is 0 Å². The summed E-state index contributed by atoms with van der Waals surface area (Å²) < 4.78 is 0. The van der Waals surface area contributed by atoms with E-state index >= 15 is 0 Å². The molecule has 6 nitrogen and oxygen atoms in total. The SMILES string of the molecule is O=Cc1ccc2ncnc(C3CCC(=O)NC3=O)c2c1. The molecule has 0 radical (unpaired) electrons. The summed E-state index contributed by atoms with van der Waals surface area (Å²) in [4.78, 5) is 42.3. The summed E-state index contributed by atoms with van der Waals surface area (Å²) in [7, 11) is 0. The third-order valence-corrected chi connectivity index (χ3v) is 3.40. The molecule has 0 spiro atoms. The lowest BCUT2D eigenvalue weighted by atomic mass is 9.92. The van der Waals surface area contributed by atoms with Crippen molar-refractivity contribution in [1.82, 2.24) is 15.3 Å². The maximum atomic E-state index is 11.9. The van der Waals surface area contributed by atoms with E-state index in [2.05, 4.69) is 15.3 Å². The Kier molecular flexibility index (Phi) is 2.98. The molecule has 0 saturated carbocycles. The van der Waals surface area contributed by atoms with Gasteiger partial charge in [-0.25, -0.2) is 9.97 Å². The first-order chi connectivity index (χ1) is 9.69. The fourth-order valence-electron chi connectivity index (χ4n) is 2.40. The van der Waals surface area contributed by atoms with Crippen LogP contribution in [-0.2, 0) is 9.59 Å². The standard InChI is InChI=1S/C14H11N3O3/c18-6-8-1-3-11-10(5-8)13(16-7-15-11)9-2-4-12(19)17-14(9)20/h1,3,5-7,9H,2,4H2,(H,17,19,20). The Labute approximate surface area is 114 Å². The highest BCUT2D eigenvalue weighted by atomic mass is 16.2. The van der Waals surface area contributed by atoms with E-state index in [9.17, 15) is 14.4 Å². The molecular formula is C14H11N3O3. The number of hydrogen-bond donors (Lipinski definition) is 1. The zero-order valence-electron chi connectivity index (χ0n) is 10.5. The third kappa shape index (κ3) is 2.05. The molecule has 2 heterocycles. The van der Waals surface area contributed by atoms with Crippen LogP contribution in [0.15, 0.2) is 24.5 Å². The van der Waals surface area contributed by atoms with Crippen LogP contribution in [0.25, 0.3) is 10.9 Å². The van der Waals surface area contributed by atoms with Crippen LogP contribution in [0.3, 0.4) is 0 Å². The Morgan fingerprint density at radius 2 is 2.10 bits per heavy atom. The van der Waals surface area contributed by atoms with Gasteiger partial charge in [0, 0.05) is 17.4 Å². The first-order valence-corrected chi connectivity index (χ1v) is 6.22. The van der Waals surface area contributed by atoms with Gasteiger partial charge in [-0.05, 0) is 24.6 Å². The zero-order valence-corrected chi connectivity index (χ0v) is 10.5. The van der Waals surface area contributed by atoms with Gasteiger partial charge in [0.1, 0.15) is 12.6 Å².